The fourth-order valence-electron chi connectivity index (χ4n) is 1.29. The molecule has 1 nitrogen and oxygen atoms in total. The normalized spacial score (nSPS) is 13.2. The smallest absolute Gasteiger partial charge is 0.0317 e. The van der Waals surface area contributed by atoms with E-state index in [-0.39, 0.29) is 0 Å². The summed E-state index contributed by atoms with van der Waals surface area (Å²) in [5, 5.41) is 7.74. The molecular weight excluding hydrogens is 246 g/mol. The second kappa shape index (κ2) is 5.78. The Balaban J connectivity index is 2.39. The van der Waals surface area contributed by atoms with E-state index >= 15 is 0 Å². The Morgan fingerprint density at radius 3 is 2.85 bits per heavy atom. The molecule has 1 rings (SSSR count). The van der Waals surface area contributed by atoms with E-state index in [4.69, 9.17) is 0 Å². The molecule has 0 saturated heterocycles. The van der Waals surface area contributed by atoms with Crippen LogP contribution >= 0.6 is 27.3 Å². The van der Waals surface area contributed by atoms with Crippen LogP contribution in [0.1, 0.15) is 31.7 Å². The van der Waals surface area contributed by atoms with Crippen molar-refractivity contribution >= 4 is 27.3 Å². The summed E-state index contributed by atoms with van der Waals surface area (Å²) in [6.45, 7) is 6.60. The molecule has 0 bridgehead atoms. The average molecular weight is 262 g/mol. The van der Waals surface area contributed by atoms with E-state index < -0.39 is 0 Å². The van der Waals surface area contributed by atoms with Crippen LogP contribution in [0.3, 0.4) is 0 Å². The molecule has 1 heterocycles. The van der Waals surface area contributed by atoms with Gasteiger partial charge in [-0.25, -0.2) is 0 Å². The highest BCUT2D eigenvalue weighted by atomic mass is 79.9. The Kier molecular flexibility index (Phi) is 4.99. The van der Waals surface area contributed by atoms with E-state index in [2.05, 4.69) is 45.9 Å². The molecule has 0 amide bonds. The summed E-state index contributed by atoms with van der Waals surface area (Å²) >= 11 is 5.33. The van der Waals surface area contributed by atoms with Crippen molar-refractivity contribution in [2.24, 2.45) is 0 Å². The molecule has 0 saturated carbocycles. The summed E-state index contributed by atoms with van der Waals surface area (Å²) in [5.41, 5.74) is 1.45. The molecule has 0 aromatic carbocycles. The molecular formula is C10H16BrNS. The fourth-order valence-corrected chi connectivity index (χ4v) is 3.10. The van der Waals surface area contributed by atoms with Gasteiger partial charge in [-0.05, 0) is 52.3 Å². The number of nitrogens with one attached hydrogen (secondary N) is 1. The van der Waals surface area contributed by atoms with Gasteiger partial charge in [-0.3, -0.25) is 0 Å². The average Bonchev–Trinajstić information content (AvgIpc) is 2.52. The van der Waals surface area contributed by atoms with Crippen molar-refractivity contribution in [3.8, 4) is 0 Å². The van der Waals surface area contributed by atoms with E-state index in [9.17, 15) is 0 Å². The van der Waals surface area contributed by atoms with Gasteiger partial charge in [0, 0.05) is 9.85 Å². The molecule has 74 valence electrons. The Hall–Kier alpha value is 0.140. The number of halogens is 1. The van der Waals surface area contributed by atoms with E-state index in [0.717, 1.165) is 13.1 Å². The molecule has 0 radical (unpaired) electrons. The second-order valence-electron chi connectivity index (χ2n) is 3.22. The lowest BCUT2D eigenvalue weighted by atomic mass is 10.0. The molecule has 1 aromatic heterocycles. The van der Waals surface area contributed by atoms with Gasteiger partial charge in [-0.1, -0.05) is 13.8 Å². The van der Waals surface area contributed by atoms with Crippen molar-refractivity contribution in [2.75, 3.05) is 13.1 Å². The van der Waals surface area contributed by atoms with Crippen molar-refractivity contribution in [1.29, 1.82) is 0 Å². The van der Waals surface area contributed by atoms with Gasteiger partial charge < -0.3 is 5.32 Å². The van der Waals surface area contributed by atoms with Crippen LogP contribution in [0.15, 0.2) is 15.2 Å². The van der Waals surface area contributed by atoms with Crippen LogP contribution in [0.5, 0.6) is 0 Å². The summed E-state index contributed by atoms with van der Waals surface area (Å²) in [7, 11) is 0. The van der Waals surface area contributed by atoms with Crippen LogP contribution in [-0.4, -0.2) is 13.1 Å². The highest BCUT2D eigenvalue weighted by molar-refractivity contribution is 9.10. The Morgan fingerprint density at radius 1 is 1.54 bits per heavy atom. The van der Waals surface area contributed by atoms with Gasteiger partial charge in [0.2, 0.25) is 0 Å². The SMILES string of the molecule is CCNCCC(C)c1cscc1Br. The summed E-state index contributed by atoms with van der Waals surface area (Å²) < 4.78 is 1.27. The monoisotopic (exact) mass is 261 g/mol. The first-order valence-corrected chi connectivity index (χ1v) is 6.41. The first kappa shape index (κ1) is 11.2. The first-order valence-electron chi connectivity index (χ1n) is 4.68. The molecule has 0 spiro atoms. The third kappa shape index (κ3) is 3.41. The largest absolute Gasteiger partial charge is 0.317 e. The minimum atomic E-state index is 0.652. The number of hydrogen-bond donors (Lipinski definition) is 1. The Morgan fingerprint density at radius 2 is 2.31 bits per heavy atom. The summed E-state index contributed by atoms with van der Waals surface area (Å²) in [6, 6.07) is 0. The van der Waals surface area contributed by atoms with E-state index in [1.54, 1.807) is 11.3 Å². The van der Waals surface area contributed by atoms with E-state index in [1.807, 2.05) is 0 Å². The van der Waals surface area contributed by atoms with Crippen molar-refractivity contribution in [3.05, 3.63) is 20.8 Å². The standard InChI is InChI=1S/C10H16BrNS/c1-3-12-5-4-8(2)9-6-13-7-10(9)11/h6-8,12H,3-5H2,1-2H3. The lowest BCUT2D eigenvalue weighted by Gasteiger charge is -2.10. The van der Waals surface area contributed by atoms with Crippen LogP contribution < -0.4 is 5.32 Å². The lowest BCUT2D eigenvalue weighted by Crippen LogP contribution is -2.15. The van der Waals surface area contributed by atoms with E-state index in [0.29, 0.717) is 5.92 Å². The van der Waals surface area contributed by atoms with Gasteiger partial charge in [0.25, 0.3) is 0 Å². The molecule has 0 fully saturated rings. The van der Waals surface area contributed by atoms with Crippen LogP contribution in [0.25, 0.3) is 0 Å². The highest BCUT2D eigenvalue weighted by Gasteiger charge is 2.09. The number of thiophene rings is 1. The molecule has 3 heteroatoms. The molecule has 0 aliphatic carbocycles. The maximum Gasteiger partial charge on any atom is 0.0317 e. The molecule has 0 aliphatic rings. The topological polar surface area (TPSA) is 12.0 Å². The number of rotatable bonds is 5. The molecule has 13 heavy (non-hydrogen) atoms. The maximum absolute atomic E-state index is 3.57. The molecule has 0 aliphatic heterocycles. The quantitative estimate of drug-likeness (QED) is 0.799. The van der Waals surface area contributed by atoms with Crippen LogP contribution in [0, 0.1) is 0 Å². The van der Waals surface area contributed by atoms with Gasteiger partial charge >= 0.3 is 0 Å². The van der Waals surface area contributed by atoms with Crippen LogP contribution in [0.4, 0.5) is 0 Å². The molecule has 1 N–H and O–H groups in total. The maximum atomic E-state index is 3.57. The molecule has 1 aromatic rings. The van der Waals surface area contributed by atoms with Gasteiger partial charge in [-0.2, -0.15) is 11.3 Å². The van der Waals surface area contributed by atoms with Crippen molar-refractivity contribution in [2.45, 2.75) is 26.2 Å². The molecule has 1 atom stereocenters. The summed E-state index contributed by atoms with van der Waals surface area (Å²) in [5.74, 6) is 0.652. The number of hydrogen-bond acceptors (Lipinski definition) is 2. The fraction of sp³-hybridized carbons (Fsp3) is 0.600. The van der Waals surface area contributed by atoms with Crippen molar-refractivity contribution < 1.29 is 0 Å². The predicted octanol–water partition coefficient (Wildman–Crippen LogP) is 3.61. The van der Waals surface area contributed by atoms with Gasteiger partial charge in [-0.15, -0.1) is 0 Å². The van der Waals surface area contributed by atoms with E-state index in [1.165, 1.54) is 16.5 Å². The first-order chi connectivity index (χ1) is 6.25. The zero-order valence-electron chi connectivity index (χ0n) is 8.14. The van der Waals surface area contributed by atoms with Crippen LogP contribution in [-0.2, 0) is 0 Å². The second-order valence-corrected chi connectivity index (χ2v) is 4.82. The van der Waals surface area contributed by atoms with Gasteiger partial charge in [0.15, 0.2) is 0 Å². The van der Waals surface area contributed by atoms with Crippen molar-refractivity contribution in [1.82, 2.24) is 5.32 Å². The zero-order chi connectivity index (χ0) is 9.68. The van der Waals surface area contributed by atoms with Crippen molar-refractivity contribution in [3.63, 3.8) is 0 Å². The van der Waals surface area contributed by atoms with Gasteiger partial charge in [0.1, 0.15) is 0 Å². The lowest BCUT2D eigenvalue weighted by molar-refractivity contribution is 0.608. The third-order valence-corrected chi connectivity index (χ3v) is 3.93. The predicted molar refractivity (Wildman–Crippen MR) is 63.6 cm³/mol. The summed E-state index contributed by atoms with van der Waals surface area (Å²) in [6.07, 6.45) is 1.21. The third-order valence-electron chi connectivity index (χ3n) is 2.18. The van der Waals surface area contributed by atoms with Crippen LogP contribution in [0.2, 0.25) is 0 Å². The summed E-state index contributed by atoms with van der Waals surface area (Å²) in [4.78, 5) is 0. The molecule has 1 unspecified atom stereocenters. The minimum Gasteiger partial charge on any atom is -0.317 e. The highest BCUT2D eigenvalue weighted by Crippen LogP contribution is 2.29. The minimum absolute atomic E-state index is 0.652. The zero-order valence-corrected chi connectivity index (χ0v) is 10.5. The Bertz CT molecular complexity index is 247. The Labute approximate surface area is 92.7 Å². The van der Waals surface area contributed by atoms with Gasteiger partial charge in [0.05, 0.1) is 0 Å².